The maximum Gasteiger partial charge on any atom is 0.249 e. The molecule has 0 saturated carbocycles. The van der Waals surface area contributed by atoms with E-state index in [9.17, 15) is 4.79 Å². The molecule has 0 atom stereocenters. The largest absolute Gasteiger partial charge is 0.352 e. The number of rotatable bonds is 3. The number of anilines is 3. The zero-order valence-electron chi connectivity index (χ0n) is 12.7. The van der Waals surface area contributed by atoms with Crippen LogP contribution in [0.25, 0.3) is 0 Å². The zero-order chi connectivity index (χ0) is 16.2. The Hall–Kier alpha value is -2.41. The van der Waals surface area contributed by atoms with Crippen LogP contribution < -0.4 is 10.2 Å². The Balaban J connectivity index is 1.69. The Morgan fingerprint density at radius 1 is 1.26 bits per heavy atom. The highest BCUT2D eigenvalue weighted by Crippen LogP contribution is 2.19. The van der Waals surface area contributed by atoms with E-state index >= 15 is 0 Å². The van der Waals surface area contributed by atoms with Gasteiger partial charge >= 0.3 is 0 Å². The van der Waals surface area contributed by atoms with Crippen LogP contribution in [-0.4, -0.2) is 52.2 Å². The van der Waals surface area contributed by atoms with E-state index in [-0.39, 0.29) is 5.91 Å². The Morgan fingerprint density at radius 3 is 2.74 bits per heavy atom. The van der Waals surface area contributed by atoms with E-state index < -0.39 is 0 Å². The number of benzene rings is 1. The molecule has 3 rings (SSSR count). The summed E-state index contributed by atoms with van der Waals surface area (Å²) in [6.45, 7) is 4.44. The smallest absolute Gasteiger partial charge is 0.249 e. The first-order chi connectivity index (χ1) is 11.1. The van der Waals surface area contributed by atoms with Crippen LogP contribution in [0.4, 0.5) is 17.5 Å². The summed E-state index contributed by atoms with van der Waals surface area (Å²) < 4.78 is 0. The van der Waals surface area contributed by atoms with Crippen molar-refractivity contribution in [3.05, 3.63) is 35.5 Å². The summed E-state index contributed by atoms with van der Waals surface area (Å²) in [6, 6.07) is 7.33. The maximum atomic E-state index is 11.4. The monoisotopic (exact) mass is 332 g/mol. The van der Waals surface area contributed by atoms with Crippen molar-refractivity contribution < 1.29 is 4.79 Å². The van der Waals surface area contributed by atoms with E-state index in [0.29, 0.717) is 24.1 Å². The quantitative estimate of drug-likeness (QED) is 0.926. The third-order valence-electron chi connectivity index (χ3n) is 3.68. The lowest BCUT2D eigenvalue weighted by molar-refractivity contribution is -0.129. The van der Waals surface area contributed by atoms with Gasteiger partial charge in [-0.2, -0.15) is 10.1 Å². The summed E-state index contributed by atoms with van der Waals surface area (Å²) in [7, 11) is 0. The van der Waals surface area contributed by atoms with Gasteiger partial charge in [0.25, 0.3) is 0 Å². The minimum atomic E-state index is 0.105. The lowest BCUT2D eigenvalue weighted by atomic mass is 10.3. The zero-order valence-corrected chi connectivity index (χ0v) is 13.5. The molecule has 2 aromatic rings. The van der Waals surface area contributed by atoms with Gasteiger partial charge in [0.2, 0.25) is 11.9 Å². The molecule has 8 heteroatoms. The molecule has 1 saturated heterocycles. The summed E-state index contributed by atoms with van der Waals surface area (Å²) in [6.07, 6.45) is 1.63. The van der Waals surface area contributed by atoms with Crippen molar-refractivity contribution in [1.82, 2.24) is 20.1 Å². The number of carbonyl (C=O) groups is 1. The van der Waals surface area contributed by atoms with E-state index in [2.05, 4.69) is 25.4 Å². The van der Waals surface area contributed by atoms with Gasteiger partial charge in [-0.3, -0.25) is 4.79 Å². The van der Waals surface area contributed by atoms with Gasteiger partial charge in [0, 0.05) is 43.8 Å². The fourth-order valence-electron chi connectivity index (χ4n) is 2.45. The van der Waals surface area contributed by atoms with Gasteiger partial charge in [-0.05, 0) is 18.2 Å². The minimum Gasteiger partial charge on any atom is -0.352 e. The van der Waals surface area contributed by atoms with Gasteiger partial charge < -0.3 is 15.1 Å². The molecule has 1 aromatic heterocycles. The number of nitrogens with zero attached hydrogens (tertiary/aromatic N) is 5. The lowest BCUT2D eigenvalue weighted by Crippen LogP contribution is -2.48. The van der Waals surface area contributed by atoms with Gasteiger partial charge in [0.05, 0.1) is 6.20 Å². The Labute approximate surface area is 139 Å². The number of hydrogen-bond donors (Lipinski definition) is 1. The summed E-state index contributed by atoms with van der Waals surface area (Å²) >= 11 is 5.97. The van der Waals surface area contributed by atoms with Crippen molar-refractivity contribution in [3.63, 3.8) is 0 Å². The molecule has 1 fully saturated rings. The van der Waals surface area contributed by atoms with Crippen molar-refractivity contribution in [3.8, 4) is 0 Å². The van der Waals surface area contributed by atoms with Crippen LogP contribution in [0.3, 0.4) is 0 Å². The number of carbonyl (C=O) groups excluding carboxylic acids is 1. The molecule has 1 amide bonds. The Bertz CT molecular complexity index is 702. The molecule has 1 N–H and O–H groups in total. The summed E-state index contributed by atoms with van der Waals surface area (Å²) in [5, 5.41) is 11.7. The van der Waals surface area contributed by atoms with Crippen molar-refractivity contribution in [2.45, 2.75) is 6.92 Å². The maximum absolute atomic E-state index is 11.4. The predicted molar refractivity (Wildman–Crippen MR) is 89.0 cm³/mol. The number of amides is 1. The van der Waals surface area contributed by atoms with E-state index in [0.717, 1.165) is 24.6 Å². The molecule has 120 valence electrons. The predicted octanol–water partition coefficient (Wildman–Crippen LogP) is 1.94. The second-order valence-electron chi connectivity index (χ2n) is 5.27. The van der Waals surface area contributed by atoms with E-state index in [1.54, 1.807) is 25.3 Å². The summed E-state index contributed by atoms with van der Waals surface area (Å²) in [4.78, 5) is 19.8. The molecular weight excluding hydrogens is 316 g/mol. The second-order valence-corrected chi connectivity index (χ2v) is 5.70. The SMILES string of the molecule is CC(=O)N1CCN(c2cnnc(Nc3cccc(Cl)c3)n2)CC1. The van der Waals surface area contributed by atoms with Gasteiger partial charge in [0.15, 0.2) is 5.82 Å². The molecule has 0 spiro atoms. The van der Waals surface area contributed by atoms with Crippen LogP contribution in [0.5, 0.6) is 0 Å². The van der Waals surface area contributed by atoms with Gasteiger partial charge in [-0.25, -0.2) is 0 Å². The Kier molecular flexibility index (Phi) is 4.57. The van der Waals surface area contributed by atoms with Crippen molar-refractivity contribution in [1.29, 1.82) is 0 Å². The molecule has 0 unspecified atom stereocenters. The van der Waals surface area contributed by atoms with Gasteiger partial charge in [-0.15, -0.1) is 5.10 Å². The van der Waals surface area contributed by atoms with Crippen LogP contribution in [0.1, 0.15) is 6.92 Å². The first-order valence-electron chi connectivity index (χ1n) is 7.34. The van der Waals surface area contributed by atoms with Crippen molar-refractivity contribution in [2.24, 2.45) is 0 Å². The highest BCUT2D eigenvalue weighted by Gasteiger charge is 2.20. The number of aromatic nitrogens is 3. The molecule has 1 aliphatic heterocycles. The molecule has 1 aliphatic rings. The van der Waals surface area contributed by atoms with Gasteiger partial charge in [-0.1, -0.05) is 17.7 Å². The summed E-state index contributed by atoms with van der Waals surface area (Å²) in [5.74, 6) is 1.26. The standard InChI is InChI=1S/C15H17ClN6O/c1-11(23)21-5-7-22(8-6-21)14-10-17-20-15(19-14)18-13-4-2-3-12(16)9-13/h2-4,9-10H,5-8H2,1H3,(H,18,19,20). The fraction of sp³-hybridized carbons (Fsp3) is 0.333. The highest BCUT2D eigenvalue weighted by molar-refractivity contribution is 6.30. The van der Waals surface area contributed by atoms with Crippen LogP contribution in [-0.2, 0) is 4.79 Å². The first-order valence-corrected chi connectivity index (χ1v) is 7.72. The van der Waals surface area contributed by atoms with Gasteiger partial charge in [0.1, 0.15) is 0 Å². The molecule has 0 bridgehead atoms. The van der Waals surface area contributed by atoms with Crippen molar-refractivity contribution in [2.75, 3.05) is 36.4 Å². The third-order valence-corrected chi connectivity index (χ3v) is 3.91. The molecule has 7 nitrogen and oxygen atoms in total. The highest BCUT2D eigenvalue weighted by atomic mass is 35.5. The van der Waals surface area contributed by atoms with E-state index in [4.69, 9.17) is 11.6 Å². The molecule has 1 aromatic carbocycles. The Morgan fingerprint density at radius 2 is 2.04 bits per heavy atom. The number of nitrogens with one attached hydrogen (secondary N) is 1. The average molecular weight is 333 g/mol. The molecule has 0 aliphatic carbocycles. The molecular formula is C15H17ClN6O. The van der Waals surface area contributed by atoms with Crippen LogP contribution in [0, 0.1) is 0 Å². The lowest BCUT2D eigenvalue weighted by Gasteiger charge is -2.34. The van der Waals surface area contributed by atoms with Crippen molar-refractivity contribution >= 4 is 35.0 Å². The molecule has 23 heavy (non-hydrogen) atoms. The van der Waals surface area contributed by atoms with Crippen LogP contribution in [0.2, 0.25) is 5.02 Å². The van der Waals surface area contributed by atoms with E-state index in [1.165, 1.54) is 0 Å². The minimum absolute atomic E-state index is 0.105. The van der Waals surface area contributed by atoms with E-state index in [1.807, 2.05) is 17.0 Å². The number of hydrogen-bond acceptors (Lipinski definition) is 6. The third kappa shape index (κ3) is 3.87. The fourth-order valence-corrected chi connectivity index (χ4v) is 2.64. The molecule has 2 heterocycles. The molecule has 0 radical (unpaired) electrons. The number of piperazine rings is 1. The average Bonchev–Trinajstić information content (AvgIpc) is 2.55. The van der Waals surface area contributed by atoms with Crippen LogP contribution in [0.15, 0.2) is 30.5 Å². The summed E-state index contributed by atoms with van der Waals surface area (Å²) in [5.41, 5.74) is 0.804. The topological polar surface area (TPSA) is 74.2 Å². The first kappa shape index (κ1) is 15.5. The second kappa shape index (κ2) is 6.78. The van der Waals surface area contributed by atoms with Crippen LogP contribution >= 0.6 is 11.6 Å². The number of halogens is 1. The normalized spacial score (nSPS) is 14.7.